The molecule has 0 saturated heterocycles. The first-order valence-corrected chi connectivity index (χ1v) is 6.41. The highest BCUT2D eigenvalue weighted by molar-refractivity contribution is 5.18. The number of rotatable bonds is 5. The maximum Gasteiger partial charge on any atom is 0.130 e. The van der Waals surface area contributed by atoms with E-state index in [2.05, 4.69) is 5.32 Å². The third-order valence-electron chi connectivity index (χ3n) is 3.80. The molecule has 0 amide bonds. The van der Waals surface area contributed by atoms with Gasteiger partial charge in [0.1, 0.15) is 11.6 Å². The van der Waals surface area contributed by atoms with E-state index in [0.717, 1.165) is 17.9 Å². The van der Waals surface area contributed by atoms with Gasteiger partial charge in [-0.05, 0) is 43.6 Å². The van der Waals surface area contributed by atoms with Gasteiger partial charge in [-0.15, -0.1) is 0 Å². The second-order valence-corrected chi connectivity index (χ2v) is 5.32. The second-order valence-electron chi connectivity index (χ2n) is 5.32. The van der Waals surface area contributed by atoms with Crippen LogP contribution in [0.15, 0.2) is 18.2 Å². The van der Waals surface area contributed by atoms with Crippen molar-refractivity contribution < 1.29 is 8.78 Å². The predicted molar refractivity (Wildman–Crippen MR) is 62.4 cm³/mol. The molecule has 1 aromatic carbocycles. The molecule has 1 aromatic rings. The molecule has 0 radical (unpaired) electrons. The molecule has 0 heterocycles. The van der Waals surface area contributed by atoms with E-state index in [1.165, 1.54) is 37.8 Å². The van der Waals surface area contributed by atoms with Crippen LogP contribution < -0.4 is 5.32 Å². The van der Waals surface area contributed by atoms with E-state index >= 15 is 0 Å². The van der Waals surface area contributed by atoms with Crippen LogP contribution >= 0.6 is 0 Å². The Morgan fingerprint density at radius 2 is 1.76 bits per heavy atom. The summed E-state index contributed by atoms with van der Waals surface area (Å²) in [5.41, 5.74) is 0.567. The number of halogens is 2. The van der Waals surface area contributed by atoms with E-state index in [1.54, 1.807) is 0 Å². The Bertz CT molecular complexity index is 399. The highest BCUT2D eigenvalue weighted by Crippen LogP contribution is 2.44. The zero-order valence-corrected chi connectivity index (χ0v) is 9.76. The summed E-state index contributed by atoms with van der Waals surface area (Å²) in [6, 6.07) is 4.37. The van der Waals surface area contributed by atoms with E-state index in [-0.39, 0.29) is 0 Å². The van der Waals surface area contributed by atoms with Gasteiger partial charge < -0.3 is 5.32 Å². The zero-order chi connectivity index (χ0) is 11.8. The molecule has 17 heavy (non-hydrogen) atoms. The Kier molecular flexibility index (Phi) is 2.87. The fourth-order valence-corrected chi connectivity index (χ4v) is 2.52. The van der Waals surface area contributed by atoms with Crippen LogP contribution in [-0.2, 0) is 6.54 Å². The van der Waals surface area contributed by atoms with Gasteiger partial charge in [0.2, 0.25) is 0 Å². The Hall–Kier alpha value is -0.960. The lowest BCUT2D eigenvalue weighted by Crippen LogP contribution is -2.32. The Labute approximate surface area is 100 Å². The van der Waals surface area contributed by atoms with Crippen LogP contribution in [0.1, 0.15) is 31.2 Å². The van der Waals surface area contributed by atoms with Crippen molar-refractivity contribution in [3.8, 4) is 0 Å². The summed E-state index contributed by atoms with van der Waals surface area (Å²) in [6.07, 6.45) is 5.22. The van der Waals surface area contributed by atoms with Crippen LogP contribution in [0, 0.1) is 23.5 Å². The molecule has 2 aliphatic carbocycles. The van der Waals surface area contributed by atoms with Gasteiger partial charge in [0, 0.05) is 24.2 Å². The SMILES string of the molecule is Fc1ccc(CNC(C2CC2)C2CC2)c(F)c1. The number of hydrogen-bond donors (Lipinski definition) is 1. The van der Waals surface area contributed by atoms with Crippen LogP contribution in [0.4, 0.5) is 8.78 Å². The molecule has 0 aromatic heterocycles. The molecule has 1 N–H and O–H groups in total. The average molecular weight is 237 g/mol. The van der Waals surface area contributed by atoms with Crippen LogP contribution in [0.3, 0.4) is 0 Å². The van der Waals surface area contributed by atoms with Crippen molar-refractivity contribution in [2.75, 3.05) is 0 Å². The zero-order valence-electron chi connectivity index (χ0n) is 9.76. The molecule has 0 spiro atoms. The summed E-state index contributed by atoms with van der Waals surface area (Å²) in [5.74, 6) is 0.645. The summed E-state index contributed by atoms with van der Waals surface area (Å²) in [4.78, 5) is 0. The fraction of sp³-hybridized carbons (Fsp3) is 0.571. The molecule has 0 bridgehead atoms. The van der Waals surface area contributed by atoms with Gasteiger partial charge in [-0.25, -0.2) is 8.78 Å². The summed E-state index contributed by atoms with van der Waals surface area (Å²) in [7, 11) is 0. The first kappa shape index (κ1) is 11.1. The van der Waals surface area contributed by atoms with Crippen molar-refractivity contribution >= 4 is 0 Å². The second kappa shape index (κ2) is 4.37. The lowest BCUT2D eigenvalue weighted by molar-refractivity contribution is 0.411. The molecular weight excluding hydrogens is 220 g/mol. The van der Waals surface area contributed by atoms with E-state index in [1.807, 2.05) is 0 Å². The lowest BCUT2D eigenvalue weighted by Gasteiger charge is -2.17. The molecule has 2 aliphatic rings. The van der Waals surface area contributed by atoms with Crippen LogP contribution in [0.5, 0.6) is 0 Å². The van der Waals surface area contributed by atoms with Gasteiger partial charge in [0.15, 0.2) is 0 Å². The molecular formula is C14H17F2N. The smallest absolute Gasteiger partial charge is 0.130 e. The monoisotopic (exact) mass is 237 g/mol. The molecule has 92 valence electrons. The van der Waals surface area contributed by atoms with Crippen molar-refractivity contribution in [2.24, 2.45) is 11.8 Å². The van der Waals surface area contributed by atoms with Crippen molar-refractivity contribution in [2.45, 2.75) is 38.3 Å². The summed E-state index contributed by atoms with van der Waals surface area (Å²) < 4.78 is 26.2. The van der Waals surface area contributed by atoms with Gasteiger partial charge in [-0.3, -0.25) is 0 Å². The summed E-state index contributed by atoms with van der Waals surface area (Å²) >= 11 is 0. The molecule has 0 aliphatic heterocycles. The average Bonchev–Trinajstić information content (AvgIpc) is 3.15. The minimum atomic E-state index is -0.507. The van der Waals surface area contributed by atoms with E-state index < -0.39 is 11.6 Å². The van der Waals surface area contributed by atoms with E-state index in [9.17, 15) is 8.78 Å². The Balaban J connectivity index is 1.62. The molecule has 3 heteroatoms. The molecule has 2 saturated carbocycles. The normalized spacial score (nSPS) is 19.9. The largest absolute Gasteiger partial charge is 0.309 e. The predicted octanol–water partition coefficient (Wildman–Crippen LogP) is 3.24. The van der Waals surface area contributed by atoms with Crippen molar-refractivity contribution in [1.82, 2.24) is 5.32 Å². The molecule has 1 nitrogen and oxygen atoms in total. The third kappa shape index (κ3) is 2.65. The Morgan fingerprint density at radius 1 is 1.12 bits per heavy atom. The van der Waals surface area contributed by atoms with E-state index in [0.29, 0.717) is 18.2 Å². The first-order chi connectivity index (χ1) is 8.24. The van der Waals surface area contributed by atoms with E-state index in [4.69, 9.17) is 0 Å². The highest BCUT2D eigenvalue weighted by Gasteiger charge is 2.40. The molecule has 0 atom stereocenters. The lowest BCUT2D eigenvalue weighted by atomic mass is 10.1. The molecule has 3 rings (SSSR count). The Morgan fingerprint density at radius 3 is 2.29 bits per heavy atom. The van der Waals surface area contributed by atoms with Gasteiger partial charge in [0.05, 0.1) is 0 Å². The number of hydrogen-bond acceptors (Lipinski definition) is 1. The quantitative estimate of drug-likeness (QED) is 0.829. The maximum atomic E-state index is 13.5. The van der Waals surface area contributed by atoms with Crippen molar-refractivity contribution in [3.63, 3.8) is 0 Å². The van der Waals surface area contributed by atoms with Crippen molar-refractivity contribution in [1.29, 1.82) is 0 Å². The molecule has 0 unspecified atom stereocenters. The summed E-state index contributed by atoms with van der Waals surface area (Å²) in [5, 5.41) is 3.46. The van der Waals surface area contributed by atoms with Gasteiger partial charge in [-0.2, -0.15) is 0 Å². The van der Waals surface area contributed by atoms with Gasteiger partial charge >= 0.3 is 0 Å². The molecule has 2 fully saturated rings. The van der Waals surface area contributed by atoms with Crippen molar-refractivity contribution in [3.05, 3.63) is 35.4 Å². The van der Waals surface area contributed by atoms with Gasteiger partial charge in [0.25, 0.3) is 0 Å². The van der Waals surface area contributed by atoms with Gasteiger partial charge in [-0.1, -0.05) is 6.07 Å². The minimum absolute atomic E-state index is 0.442. The fourth-order valence-electron chi connectivity index (χ4n) is 2.52. The maximum absolute atomic E-state index is 13.5. The topological polar surface area (TPSA) is 12.0 Å². The third-order valence-corrected chi connectivity index (χ3v) is 3.80. The standard InChI is InChI=1S/C14H17F2N/c15-12-6-5-11(13(16)7-12)8-17-14(9-1-2-9)10-3-4-10/h5-7,9-10,14,17H,1-4,8H2. The number of benzene rings is 1. The summed E-state index contributed by atoms with van der Waals surface area (Å²) in [6.45, 7) is 0.518. The minimum Gasteiger partial charge on any atom is -0.309 e. The van der Waals surface area contributed by atoms with Crippen LogP contribution in [0.25, 0.3) is 0 Å². The van der Waals surface area contributed by atoms with Crippen LogP contribution in [-0.4, -0.2) is 6.04 Å². The number of nitrogens with one attached hydrogen (secondary N) is 1. The highest BCUT2D eigenvalue weighted by atomic mass is 19.1. The first-order valence-electron chi connectivity index (χ1n) is 6.41. The van der Waals surface area contributed by atoms with Crippen LogP contribution in [0.2, 0.25) is 0 Å².